The van der Waals surface area contributed by atoms with Gasteiger partial charge in [-0.3, -0.25) is 0 Å². The van der Waals surface area contributed by atoms with Crippen LogP contribution in [0.1, 0.15) is 6.92 Å². The van der Waals surface area contributed by atoms with E-state index in [2.05, 4.69) is 4.98 Å². The molecule has 0 aromatic carbocycles. The van der Waals surface area contributed by atoms with Gasteiger partial charge in [-0.25, -0.2) is 18.2 Å². The first-order valence-corrected chi connectivity index (χ1v) is 8.02. The molecular weight excluding hydrogens is 296 g/mol. The Kier molecular flexibility index (Phi) is 4.63. The van der Waals surface area contributed by atoms with Gasteiger partial charge in [0.15, 0.2) is 0 Å². The third-order valence-corrected chi connectivity index (χ3v) is 5.04. The Balaban J connectivity index is 2.04. The Morgan fingerprint density at radius 1 is 1.33 bits per heavy atom. The van der Waals surface area contributed by atoms with E-state index < -0.39 is 16.1 Å². The lowest BCUT2D eigenvalue weighted by Gasteiger charge is -2.33. The molecule has 1 aromatic heterocycles. The number of carbonyl (C=O) groups is 1. The Morgan fingerprint density at radius 3 is 2.52 bits per heavy atom. The van der Waals surface area contributed by atoms with E-state index >= 15 is 0 Å². The molecule has 1 aliphatic rings. The van der Waals surface area contributed by atoms with E-state index in [0.29, 0.717) is 19.7 Å². The van der Waals surface area contributed by atoms with Gasteiger partial charge in [0.05, 0.1) is 6.61 Å². The lowest BCUT2D eigenvalue weighted by Crippen LogP contribution is -2.50. The Hall–Kier alpha value is -1.87. The molecule has 1 saturated heterocycles. The SMILES string of the molecule is CCOC(=O)N1CCN(S(=O)(=O)c2ccc(N)nc2)CC1. The highest BCUT2D eigenvalue weighted by atomic mass is 32.2. The predicted molar refractivity (Wildman–Crippen MR) is 76.0 cm³/mol. The van der Waals surface area contributed by atoms with Gasteiger partial charge >= 0.3 is 6.09 Å². The molecule has 0 bridgehead atoms. The molecule has 9 heteroatoms. The van der Waals surface area contributed by atoms with Crippen LogP contribution in [0.15, 0.2) is 23.2 Å². The van der Waals surface area contributed by atoms with Crippen LogP contribution in [0.25, 0.3) is 0 Å². The summed E-state index contributed by atoms with van der Waals surface area (Å²) in [6.45, 7) is 3.10. The zero-order chi connectivity index (χ0) is 15.5. The third-order valence-electron chi connectivity index (χ3n) is 3.16. The highest BCUT2D eigenvalue weighted by Gasteiger charge is 2.30. The molecule has 0 unspecified atom stereocenters. The second-order valence-corrected chi connectivity index (χ2v) is 6.45. The standard InChI is InChI=1S/C12H18N4O4S/c1-2-20-12(17)15-5-7-16(8-6-15)21(18,19)10-3-4-11(13)14-9-10/h3-4,9H,2,5-8H2,1H3,(H2,13,14). The molecule has 0 saturated carbocycles. The Morgan fingerprint density at radius 2 is 2.00 bits per heavy atom. The van der Waals surface area contributed by atoms with Gasteiger partial charge in [0.1, 0.15) is 10.7 Å². The molecule has 0 atom stereocenters. The second-order valence-electron chi connectivity index (χ2n) is 4.51. The van der Waals surface area contributed by atoms with Crippen molar-refractivity contribution in [1.82, 2.24) is 14.2 Å². The number of nitrogens with zero attached hydrogens (tertiary/aromatic N) is 3. The molecule has 21 heavy (non-hydrogen) atoms. The lowest BCUT2D eigenvalue weighted by molar-refractivity contribution is 0.0934. The molecule has 1 aromatic rings. The normalized spacial score (nSPS) is 16.7. The number of piperazine rings is 1. The van der Waals surface area contributed by atoms with E-state index in [1.165, 1.54) is 27.5 Å². The molecule has 2 N–H and O–H groups in total. The van der Waals surface area contributed by atoms with Gasteiger partial charge < -0.3 is 15.4 Å². The van der Waals surface area contributed by atoms with Gasteiger partial charge in [0.2, 0.25) is 10.0 Å². The summed E-state index contributed by atoms with van der Waals surface area (Å²) in [6.07, 6.45) is 0.825. The van der Waals surface area contributed by atoms with Crippen molar-refractivity contribution < 1.29 is 17.9 Å². The smallest absolute Gasteiger partial charge is 0.409 e. The number of anilines is 1. The van der Waals surface area contributed by atoms with E-state index in [1.54, 1.807) is 6.92 Å². The summed E-state index contributed by atoms with van der Waals surface area (Å²) < 4.78 is 31.0. The van der Waals surface area contributed by atoms with Crippen LogP contribution in [-0.4, -0.2) is 61.5 Å². The molecule has 0 spiro atoms. The summed E-state index contributed by atoms with van der Waals surface area (Å²) >= 11 is 0. The van der Waals surface area contributed by atoms with E-state index in [9.17, 15) is 13.2 Å². The number of hydrogen-bond acceptors (Lipinski definition) is 6. The maximum absolute atomic E-state index is 12.4. The molecule has 0 aliphatic carbocycles. The number of ether oxygens (including phenoxy) is 1. The van der Waals surface area contributed by atoms with Gasteiger partial charge in [-0.1, -0.05) is 0 Å². The summed E-state index contributed by atoms with van der Waals surface area (Å²) in [5, 5.41) is 0. The average molecular weight is 314 g/mol. The highest BCUT2D eigenvalue weighted by molar-refractivity contribution is 7.89. The minimum atomic E-state index is -3.60. The topological polar surface area (TPSA) is 106 Å². The quantitative estimate of drug-likeness (QED) is 0.850. The molecule has 2 heterocycles. The zero-order valence-corrected chi connectivity index (χ0v) is 12.5. The molecule has 8 nitrogen and oxygen atoms in total. The van der Waals surface area contributed by atoms with Crippen molar-refractivity contribution in [3.05, 3.63) is 18.3 Å². The number of pyridine rings is 1. The molecule has 1 aliphatic heterocycles. The van der Waals surface area contributed by atoms with Gasteiger partial charge in [-0.05, 0) is 19.1 Å². The number of carbonyl (C=O) groups excluding carboxylic acids is 1. The highest BCUT2D eigenvalue weighted by Crippen LogP contribution is 2.17. The fourth-order valence-electron chi connectivity index (χ4n) is 2.02. The predicted octanol–water partition coefficient (Wildman–Crippen LogP) is 0.127. The van der Waals surface area contributed by atoms with Crippen molar-refractivity contribution in [3.8, 4) is 0 Å². The summed E-state index contributed by atoms with van der Waals surface area (Å²) in [7, 11) is -3.60. The third kappa shape index (κ3) is 3.42. The summed E-state index contributed by atoms with van der Waals surface area (Å²) in [6, 6.07) is 2.87. The van der Waals surface area contributed by atoms with Crippen molar-refractivity contribution in [2.75, 3.05) is 38.5 Å². The number of aromatic nitrogens is 1. The van der Waals surface area contributed by atoms with Crippen LogP contribution < -0.4 is 5.73 Å². The summed E-state index contributed by atoms with van der Waals surface area (Å²) in [5.74, 6) is 0.265. The first-order chi connectivity index (χ1) is 9.95. The maximum atomic E-state index is 12.4. The van der Waals surface area contributed by atoms with Crippen LogP contribution in [-0.2, 0) is 14.8 Å². The molecule has 1 fully saturated rings. The number of nitrogen functional groups attached to an aromatic ring is 1. The molecule has 116 valence electrons. The van der Waals surface area contributed by atoms with Crippen molar-refractivity contribution in [3.63, 3.8) is 0 Å². The van der Waals surface area contributed by atoms with Gasteiger partial charge in [0, 0.05) is 32.4 Å². The molecule has 2 rings (SSSR count). The van der Waals surface area contributed by atoms with Crippen molar-refractivity contribution >= 4 is 21.9 Å². The number of hydrogen-bond donors (Lipinski definition) is 1. The largest absolute Gasteiger partial charge is 0.450 e. The van der Waals surface area contributed by atoms with E-state index in [-0.39, 0.29) is 23.8 Å². The lowest BCUT2D eigenvalue weighted by atomic mass is 10.4. The minimum Gasteiger partial charge on any atom is -0.450 e. The molecule has 1 amide bonds. The molecule has 0 radical (unpaired) electrons. The van der Waals surface area contributed by atoms with Crippen LogP contribution in [0.2, 0.25) is 0 Å². The van der Waals surface area contributed by atoms with E-state index in [4.69, 9.17) is 10.5 Å². The fraction of sp³-hybridized carbons (Fsp3) is 0.500. The second kappa shape index (κ2) is 6.27. The summed E-state index contributed by atoms with van der Waals surface area (Å²) in [4.78, 5) is 17.0. The van der Waals surface area contributed by atoms with E-state index in [0.717, 1.165) is 0 Å². The number of nitrogens with two attached hydrogens (primary N) is 1. The minimum absolute atomic E-state index is 0.0984. The van der Waals surface area contributed by atoms with Crippen molar-refractivity contribution in [1.29, 1.82) is 0 Å². The van der Waals surface area contributed by atoms with Crippen LogP contribution in [0.4, 0.5) is 10.6 Å². The number of amides is 1. The first-order valence-electron chi connectivity index (χ1n) is 6.58. The number of sulfonamides is 1. The van der Waals surface area contributed by atoms with Gasteiger partial charge in [-0.15, -0.1) is 0 Å². The van der Waals surface area contributed by atoms with Gasteiger partial charge in [0.25, 0.3) is 0 Å². The summed E-state index contributed by atoms with van der Waals surface area (Å²) in [5.41, 5.74) is 5.45. The Labute approximate surface area is 123 Å². The molecular formula is C12H18N4O4S. The number of rotatable bonds is 3. The Bertz CT molecular complexity index is 594. The van der Waals surface area contributed by atoms with Crippen molar-refractivity contribution in [2.24, 2.45) is 0 Å². The maximum Gasteiger partial charge on any atom is 0.409 e. The average Bonchev–Trinajstić information content (AvgIpc) is 2.48. The zero-order valence-electron chi connectivity index (χ0n) is 11.7. The van der Waals surface area contributed by atoms with Crippen LogP contribution in [0.3, 0.4) is 0 Å². The first kappa shape index (κ1) is 15.5. The van der Waals surface area contributed by atoms with Crippen LogP contribution in [0, 0.1) is 0 Å². The fourth-order valence-corrected chi connectivity index (χ4v) is 3.39. The van der Waals surface area contributed by atoms with Crippen LogP contribution >= 0.6 is 0 Å². The van der Waals surface area contributed by atoms with Crippen molar-refractivity contribution in [2.45, 2.75) is 11.8 Å². The van der Waals surface area contributed by atoms with E-state index in [1.807, 2.05) is 0 Å². The monoisotopic (exact) mass is 314 g/mol. The van der Waals surface area contributed by atoms with Crippen LogP contribution in [0.5, 0.6) is 0 Å². The van der Waals surface area contributed by atoms with Gasteiger partial charge in [-0.2, -0.15) is 4.31 Å².